The number of hydrogen-bond donors (Lipinski definition) is 1. The molecule has 2 aliphatic rings. The largest absolute Gasteiger partial charge is 0.495 e. The van der Waals surface area contributed by atoms with Crippen LogP contribution in [0.5, 0.6) is 5.75 Å². The van der Waals surface area contributed by atoms with Crippen LogP contribution in [0, 0.1) is 18.2 Å². The molecule has 3 heterocycles. The van der Waals surface area contributed by atoms with E-state index < -0.39 is 11.6 Å². The van der Waals surface area contributed by atoms with Crippen LogP contribution in [0.2, 0.25) is 0 Å². The lowest BCUT2D eigenvalue weighted by Crippen LogP contribution is -2.66. The number of amides is 1. The molecule has 37 heavy (non-hydrogen) atoms. The van der Waals surface area contributed by atoms with E-state index in [0.717, 1.165) is 41.8 Å². The highest BCUT2D eigenvalue weighted by atomic mass is 19.1. The van der Waals surface area contributed by atoms with Crippen molar-refractivity contribution in [3.05, 3.63) is 83.2 Å². The Morgan fingerprint density at radius 1 is 1.19 bits per heavy atom. The molecule has 2 aliphatic heterocycles. The third-order valence-corrected chi connectivity index (χ3v) is 7.65. The van der Waals surface area contributed by atoms with E-state index in [0.29, 0.717) is 17.9 Å². The van der Waals surface area contributed by atoms with Gasteiger partial charge in [-0.05, 0) is 81.5 Å². The van der Waals surface area contributed by atoms with Gasteiger partial charge in [0.2, 0.25) is 5.96 Å². The summed E-state index contributed by atoms with van der Waals surface area (Å²) in [4.78, 5) is 22.0. The van der Waals surface area contributed by atoms with E-state index >= 15 is 0 Å². The summed E-state index contributed by atoms with van der Waals surface area (Å²) in [5.74, 6) is 0.341. The molecule has 0 bridgehead atoms. The summed E-state index contributed by atoms with van der Waals surface area (Å²) in [6, 6.07) is 11.6. The Kier molecular flexibility index (Phi) is 6.35. The molecule has 1 amide bonds. The van der Waals surface area contributed by atoms with Crippen molar-refractivity contribution < 1.29 is 13.9 Å². The molecule has 2 atom stereocenters. The van der Waals surface area contributed by atoms with Crippen molar-refractivity contribution in [2.45, 2.75) is 51.6 Å². The minimum atomic E-state index is -0.585. The molecule has 1 N–H and O–H groups in total. The molecule has 5 rings (SSSR count). The minimum Gasteiger partial charge on any atom is -0.495 e. The molecular formula is C29H32FN5O2. The minimum absolute atomic E-state index is 0.198. The molecule has 8 heteroatoms. The van der Waals surface area contributed by atoms with Crippen LogP contribution in [0.1, 0.15) is 56.0 Å². The molecule has 0 radical (unpaired) electrons. The van der Waals surface area contributed by atoms with Crippen molar-refractivity contribution in [1.82, 2.24) is 19.4 Å². The van der Waals surface area contributed by atoms with Crippen LogP contribution < -0.4 is 4.74 Å². The molecule has 2 aromatic carbocycles. The smallest absolute Gasteiger partial charge is 0.259 e. The van der Waals surface area contributed by atoms with Crippen LogP contribution in [0.3, 0.4) is 0 Å². The molecule has 0 aliphatic carbocycles. The van der Waals surface area contributed by atoms with Gasteiger partial charge in [-0.25, -0.2) is 9.37 Å². The van der Waals surface area contributed by atoms with Gasteiger partial charge in [-0.2, -0.15) is 0 Å². The van der Waals surface area contributed by atoms with Crippen LogP contribution in [-0.4, -0.2) is 50.4 Å². The van der Waals surface area contributed by atoms with Crippen molar-refractivity contribution in [2.75, 3.05) is 13.7 Å². The van der Waals surface area contributed by atoms with Gasteiger partial charge in [-0.15, -0.1) is 0 Å². The monoisotopic (exact) mass is 501 g/mol. The number of carbonyl (C=O) groups is 1. The number of ether oxygens (including phenoxy) is 1. The lowest BCUT2D eigenvalue weighted by molar-refractivity contribution is -0.129. The Balaban J connectivity index is 1.58. The number of halogens is 1. The molecular weight excluding hydrogens is 469 g/mol. The van der Waals surface area contributed by atoms with Gasteiger partial charge in [0, 0.05) is 18.3 Å². The number of benzene rings is 2. The Morgan fingerprint density at radius 2 is 1.95 bits per heavy atom. The predicted molar refractivity (Wildman–Crippen MR) is 141 cm³/mol. The van der Waals surface area contributed by atoms with Gasteiger partial charge in [0.25, 0.3) is 5.91 Å². The Labute approximate surface area is 216 Å². The standard InChI is InChI=1S/C29H32FN5O2/c1-19-17-33(18-32-19)25-12-7-21(16-26(25)37-4)15-24-27(36)35(20(2)22-8-10-23(30)11-9-22)28(31)34-14-6-5-13-29(24,34)3/h7-12,15-18,20,31H,5-6,13-14H2,1-4H3. The number of carbonyl (C=O) groups excluding carboxylic acids is 1. The zero-order valence-electron chi connectivity index (χ0n) is 21.7. The molecule has 1 aromatic heterocycles. The third kappa shape index (κ3) is 4.30. The van der Waals surface area contributed by atoms with Gasteiger partial charge in [0.1, 0.15) is 11.6 Å². The second kappa shape index (κ2) is 9.50. The van der Waals surface area contributed by atoms with E-state index in [1.807, 2.05) is 53.8 Å². The maximum atomic E-state index is 14.1. The number of nitrogens with one attached hydrogen (secondary N) is 1. The zero-order chi connectivity index (χ0) is 26.3. The van der Waals surface area contributed by atoms with Gasteiger partial charge >= 0.3 is 0 Å². The summed E-state index contributed by atoms with van der Waals surface area (Å²) in [6.07, 6.45) is 8.35. The molecule has 7 nitrogen and oxygen atoms in total. The van der Waals surface area contributed by atoms with Gasteiger partial charge < -0.3 is 14.2 Å². The number of rotatable bonds is 5. The topological polar surface area (TPSA) is 74.5 Å². The average Bonchev–Trinajstić information content (AvgIpc) is 3.32. The number of hydrogen-bond acceptors (Lipinski definition) is 4. The fourth-order valence-electron chi connectivity index (χ4n) is 5.51. The number of fused-ring (bicyclic) bond motifs is 1. The molecule has 0 saturated carbocycles. The fourth-order valence-corrected chi connectivity index (χ4v) is 5.51. The number of piperidine rings is 1. The van der Waals surface area contributed by atoms with Crippen molar-refractivity contribution >= 4 is 17.9 Å². The zero-order valence-corrected chi connectivity index (χ0v) is 21.7. The van der Waals surface area contributed by atoms with Crippen LogP contribution in [-0.2, 0) is 4.79 Å². The summed E-state index contributed by atoms with van der Waals surface area (Å²) >= 11 is 0. The average molecular weight is 502 g/mol. The number of aryl methyl sites for hydroxylation is 1. The summed E-state index contributed by atoms with van der Waals surface area (Å²) < 4.78 is 21.2. The predicted octanol–water partition coefficient (Wildman–Crippen LogP) is 5.49. The maximum absolute atomic E-state index is 14.1. The first-order valence-corrected chi connectivity index (χ1v) is 12.6. The highest BCUT2D eigenvalue weighted by Gasteiger charge is 2.50. The second-order valence-electron chi connectivity index (χ2n) is 10.0. The summed E-state index contributed by atoms with van der Waals surface area (Å²) in [6.45, 7) is 6.58. The summed E-state index contributed by atoms with van der Waals surface area (Å²) in [5, 5.41) is 9.01. The SMILES string of the molecule is COc1cc(C=C2C(=O)N(C(C)c3ccc(F)cc3)C(=N)N3CCCCC23C)ccc1-n1cnc(C)c1. The Morgan fingerprint density at radius 3 is 2.62 bits per heavy atom. The summed E-state index contributed by atoms with van der Waals surface area (Å²) in [7, 11) is 1.63. The first kappa shape index (κ1) is 24.7. The second-order valence-corrected chi connectivity index (χ2v) is 10.0. The summed E-state index contributed by atoms with van der Waals surface area (Å²) in [5.41, 5.74) is 3.45. The molecule has 0 spiro atoms. The fraction of sp³-hybridized carbons (Fsp3) is 0.345. The van der Waals surface area contributed by atoms with Gasteiger partial charge in [0.15, 0.2) is 0 Å². The van der Waals surface area contributed by atoms with E-state index in [1.54, 1.807) is 25.6 Å². The number of methoxy groups -OCH3 is 1. The van der Waals surface area contributed by atoms with Gasteiger partial charge in [-0.3, -0.25) is 15.1 Å². The van der Waals surface area contributed by atoms with Gasteiger partial charge in [0.05, 0.1) is 36.4 Å². The first-order valence-electron chi connectivity index (χ1n) is 12.6. The molecule has 192 valence electrons. The van der Waals surface area contributed by atoms with Crippen LogP contribution >= 0.6 is 0 Å². The number of imidazole rings is 1. The van der Waals surface area contributed by atoms with Crippen molar-refractivity contribution in [3.8, 4) is 11.4 Å². The number of guanidine groups is 1. The maximum Gasteiger partial charge on any atom is 0.259 e. The van der Waals surface area contributed by atoms with Gasteiger partial charge in [-0.1, -0.05) is 18.2 Å². The van der Waals surface area contributed by atoms with E-state index in [4.69, 9.17) is 10.1 Å². The van der Waals surface area contributed by atoms with Crippen LogP contribution in [0.4, 0.5) is 4.39 Å². The van der Waals surface area contributed by atoms with E-state index in [9.17, 15) is 9.18 Å². The van der Waals surface area contributed by atoms with Crippen molar-refractivity contribution in [2.24, 2.45) is 0 Å². The van der Waals surface area contributed by atoms with E-state index in [1.165, 1.54) is 17.0 Å². The lowest BCUT2D eigenvalue weighted by atomic mass is 9.78. The van der Waals surface area contributed by atoms with Crippen LogP contribution in [0.15, 0.2) is 60.6 Å². The first-order chi connectivity index (χ1) is 17.7. The van der Waals surface area contributed by atoms with Crippen molar-refractivity contribution in [1.29, 1.82) is 5.41 Å². The van der Waals surface area contributed by atoms with E-state index in [-0.39, 0.29) is 17.7 Å². The highest BCUT2D eigenvalue weighted by molar-refractivity contribution is 6.12. The quantitative estimate of drug-likeness (QED) is 0.469. The third-order valence-electron chi connectivity index (χ3n) is 7.65. The molecule has 2 saturated heterocycles. The number of aromatic nitrogens is 2. The highest BCUT2D eigenvalue weighted by Crippen LogP contribution is 2.42. The van der Waals surface area contributed by atoms with Crippen LogP contribution in [0.25, 0.3) is 11.8 Å². The van der Waals surface area contributed by atoms with Crippen molar-refractivity contribution in [3.63, 3.8) is 0 Å². The van der Waals surface area contributed by atoms with E-state index in [2.05, 4.69) is 11.9 Å². The normalized spacial score (nSPS) is 21.8. The molecule has 2 unspecified atom stereocenters. The lowest BCUT2D eigenvalue weighted by Gasteiger charge is -2.54. The Bertz CT molecular complexity index is 1380. The molecule has 3 aromatic rings. The number of nitrogens with zero attached hydrogens (tertiary/aromatic N) is 4. The molecule has 2 fully saturated rings. The Hall–Kier alpha value is -3.94.